The van der Waals surface area contributed by atoms with Gasteiger partial charge in [-0.2, -0.15) is 0 Å². The Balaban J connectivity index is 2.31. The average Bonchev–Trinajstić information content (AvgIpc) is 2.41. The van der Waals surface area contributed by atoms with Crippen LogP contribution in [0.25, 0.3) is 0 Å². The summed E-state index contributed by atoms with van der Waals surface area (Å²) in [5.41, 5.74) is 10.4. The second-order valence-electron chi connectivity index (χ2n) is 4.87. The summed E-state index contributed by atoms with van der Waals surface area (Å²) in [4.78, 5) is 0. The number of hydrogen-bond donors (Lipinski definition) is 2. The van der Waals surface area contributed by atoms with E-state index in [0.717, 1.165) is 5.69 Å². The summed E-state index contributed by atoms with van der Waals surface area (Å²) < 4.78 is 13.7. The van der Waals surface area contributed by atoms with E-state index in [2.05, 4.69) is 47.2 Å². The third-order valence-corrected chi connectivity index (χ3v) is 3.99. The number of rotatable bonds is 4. The minimum Gasteiger partial charge on any atom is -0.377 e. The zero-order chi connectivity index (χ0) is 14.7. The lowest BCUT2D eigenvalue weighted by Crippen LogP contribution is -2.22. The second kappa shape index (κ2) is 6.37. The summed E-state index contributed by atoms with van der Waals surface area (Å²) in [7, 11) is 0. The van der Waals surface area contributed by atoms with Crippen molar-refractivity contribution >= 4 is 21.6 Å². The molecule has 3 N–H and O–H groups in total. The van der Waals surface area contributed by atoms with Gasteiger partial charge in [-0.25, -0.2) is 4.39 Å². The molecular weight excluding hydrogens is 319 g/mol. The van der Waals surface area contributed by atoms with Crippen LogP contribution in [0.4, 0.5) is 10.1 Å². The van der Waals surface area contributed by atoms with Crippen LogP contribution in [0.5, 0.6) is 0 Å². The van der Waals surface area contributed by atoms with Crippen molar-refractivity contribution in [1.82, 2.24) is 0 Å². The Hall–Kier alpha value is -1.39. The van der Waals surface area contributed by atoms with E-state index in [4.69, 9.17) is 5.73 Å². The largest absolute Gasteiger partial charge is 0.377 e. The summed E-state index contributed by atoms with van der Waals surface area (Å²) in [6.07, 6.45) is 0. The van der Waals surface area contributed by atoms with E-state index < -0.39 is 0 Å². The number of hydrogen-bond acceptors (Lipinski definition) is 2. The Morgan fingerprint density at radius 1 is 1.20 bits per heavy atom. The fourth-order valence-electron chi connectivity index (χ4n) is 2.41. The Labute approximate surface area is 127 Å². The van der Waals surface area contributed by atoms with Crippen LogP contribution in [0, 0.1) is 19.7 Å². The number of benzene rings is 2. The first-order valence-corrected chi connectivity index (χ1v) is 7.30. The molecule has 0 heterocycles. The summed E-state index contributed by atoms with van der Waals surface area (Å²) >= 11 is 3.20. The monoisotopic (exact) mass is 336 g/mol. The fraction of sp³-hybridized carbons (Fsp3) is 0.250. The predicted octanol–water partition coefficient (Wildman–Crippen LogP) is 4.32. The molecule has 0 bridgehead atoms. The molecule has 0 saturated carbocycles. The molecule has 0 fully saturated rings. The Kier molecular flexibility index (Phi) is 4.78. The highest BCUT2D eigenvalue weighted by atomic mass is 79.9. The highest BCUT2D eigenvalue weighted by Gasteiger charge is 2.14. The molecule has 20 heavy (non-hydrogen) atoms. The zero-order valence-electron chi connectivity index (χ0n) is 11.6. The van der Waals surface area contributed by atoms with Crippen molar-refractivity contribution in [3.8, 4) is 0 Å². The van der Waals surface area contributed by atoms with Gasteiger partial charge >= 0.3 is 0 Å². The molecule has 4 heteroatoms. The Morgan fingerprint density at radius 2 is 1.85 bits per heavy atom. The highest BCUT2D eigenvalue weighted by Crippen LogP contribution is 2.27. The maximum Gasteiger partial charge on any atom is 0.137 e. The average molecular weight is 337 g/mol. The van der Waals surface area contributed by atoms with E-state index in [1.54, 1.807) is 12.1 Å². The van der Waals surface area contributed by atoms with E-state index in [-0.39, 0.29) is 11.9 Å². The van der Waals surface area contributed by atoms with Crippen LogP contribution < -0.4 is 11.1 Å². The van der Waals surface area contributed by atoms with Gasteiger partial charge in [-0.05, 0) is 64.7 Å². The standard InChI is InChI=1S/C16H18BrFN2/c1-10-4-3-5-11(2)16(10)15(9-19)20-12-6-7-14(18)13(17)8-12/h3-8,15,20H,9,19H2,1-2H3. The molecule has 0 aromatic heterocycles. The van der Waals surface area contributed by atoms with Gasteiger partial charge in [-0.1, -0.05) is 18.2 Å². The maximum atomic E-state index is 13.3. The number of nitrogens with one attached hydrogen (secondary N) is 1. The van der Waals surface area contributed by atoms with Gasteiger partial charge in [0.2, 0.25) is 0 Å². The Morgan fingerprint density at radius 3 is 2.40 bits per heavy atom. The van der Waals surface area contributed by atoms with Crippen LogP contribution in [0.2, 0.25) is 0 Å². The first kappa shape index (κ1) is 15.0. The van der Waals surface area contributed by atoms with E-state index in [0.29, 0.717) is 11.0 Å². The number of halogens is 2. The van der Waals surface area contributed by atoms with Gasteiger partial charge in [0.1, 0.15) is 5.82 Å². The van der Waals surface area contributed by atoms with Gasteiger partial charge in [0.05, 0.1) is 10.5 Å². The summed E-state index contributed by atoms with van der Waals surface area (Å²) in [6, 6.07) is 11.1. The lowest BCUT2D eigenvalue weighted by molar-refractivity contribution is 0.621. The zero-order valence-corrected chi connectivity index (χ0v) is 13.2. The minimum atomic E-state index is -0.271. The van der Waals surface area contributed by atoms with Gasteiger partial charge in [0, 0.05) is 12.2 Å². The second-order valence-corrected chi connectivity index (χ2v) is 5.72. The Bertz CT molecular complexity index is 593. The molecule has 0 saturated heterocycles. The lowest BCUT2D eigenvalue weighted by atomic mass is 9.96. The van der Waals surface area contributed by atoms with Crippen molar-refractivity contribution < 1.29 is 4.39 Å². The number of aryl methyl sites for hydroxylation is 2. The molecule has 0 spiro atoms. The summed E-state index contributed by atoms with van der Waals surface area (Å²) in [5.74, 6) is -0.271. The van der Waals surface area contributed by atoms with Gasteiger partial charge in [0.25, 0.3) is 0 Å². The van der Waals surface area contributed by atoms with Crippen LogP contribution >= 0.6 is 15.9 Å². The van der Waals surface area contributed by atoms with Crippen LogP contribution in [-0.4, -0.2) is 6.54 Å². The molecule has 0 radical (unpaired) electrons. The molecular formula is C16H18BrFN2. The number of anilines is 1. The third-order valence-electron chi connectivity index (χ3n) is 3.39. The van der Waals surface area contributed by atoms with Gasteiger partial charge in [-0.15, -0.1) is 0 Å². The normalized spacial score (nSPS) is 12.2. The predicted molar refractivity (Wildman–Crippen MR) is 85.4 cm³/mol. The van der Waals surface area contributed by atoms with E-state index in [1.807, 2.05) is 6.07 Å². The first-order valence-electron chi connectivity index (χ1n) is 6.50. The molecule has 0 aliphatic heterocycles. The van der Waals surface area contributed by atoms with Crippen LogP contribution in [-0.2, 0) is 0 Å². The maximum absolute atomic E-state index is 13.3. The van der Waals surface area contributed by atoms with E-state index in [9.17, 15) is 4.39 Å². The van der Waals surface area contributed by atoms with Crippen molar-refractivity contribution in [2.75, 3.05) is 11.9 Å². The van der Waals surface area contributed by atoms with Crippen molar-refractivity contribution in [1.29, 1.82) is 0 Å². The lowest BCUT2D eigenvalue weighted by Gasteiger charge is -2.22. The van der Waals surface area contributed by atoms with E-state index >= 15 is 0 Å². The van der Waals surface area contributed by atoms with Crippen molar-refractivity contribution in [2.24, 2.45) is 5.73 Å². The van der Waals surface area contributed by atoms with Crippen LogP contribution in [0.15, 0.2) is 40.9 Å². The summed E-state index contributed by atoms with van der Waals surface area (Å²) in [5, 5.41) is 3.37. The molecule has 2 aromatic carbocycles. The van der Waals surface area contributed by atoms with E-state index in [1.165, 1.54) is 22.8 Å². The molecule has 0 amide bonds. The van der Waals surface area contributed by atoms with Gasteiger partial charge in [0.15, 0.2) is 0 Å². The van der Waals surface area contributed by atoms with Crippen LogP contribution in [0.1, 0.15) is 22.7 Å². The third kappa shape index (κ3) is 3.19. The molecule has 2 rings (SSSR count). The molecule has 1 unspecified atom stereocenters. The van der Waals surface area contributed by atoms with Crippen LogP contribution in [0.3, 0.4) is 0 Å². The highest BCUT2D eigenvalue weighted by molar-refractivity contribution is 9.10. The minimum absolute atomic E-state index is 0.00793. The molecule has 106 valence electrons. The smallest absolute Gasteiger partial charge is 0.137 e. The van der Waals surface area contributed by atoms with Crippen molar-refractivity contribution in [2.45, 2.75) is 19.9 Å². The van der Waals surface area contributed by atoms with Gasteiger partial charge in [-0.3, -0.25) is 0 Å². The van der Waals surface area contributed by atoms with Crippen molar-refractivity contribution in [3.05, 3.63) is 63.4 Å². The summed E-state index contributed by atoms with van der Waals surface area (Å²) in [6.45, 7) is 4.63. The first-order chi connectivity index (χ1) is 9.52. The van der Waals surface area contributed by atoms with Crippen molar-refractivity contribution in [3.63, 3.8) is 0 Å². The van der Waals surface area contributed by atoms with Gasteiger partial charge < -0.3 is 11.1 Å². The topological polar surface area (TPSA) is 38.0 Å². The fourth-order valence-corrected chi connectivity index (χ4v) is 2.79. The quantitative estimate of drug-likeness (QED) is 0.872. The molecule has 2 aromatic rings. The molecule has 2 nitrogen and oxygen atoms in total. The molecule has 1 atom stereocenters. The SMILES string of the molecule is Cc1cccc(C)c1C(CN)Nc1ccc(F)c(Br)c1. The molecule has 0 aliphatic rings. The number of nitrogens with two attached hydrogens (primary N) is 1. The molecule has 0 aliphatic carbocycles.